The summed E-state index contributed by atoms with van der Waals surface area (Å²) in [6, 6.07) is 28.3. The Hall–Kier alpha value is -4.84. The minimum atomic E-state index is -0.603. The second-order valence-corrected chi connectivity index (χ2v) is 10.2. The first-order chi connectivity index (χ1) is 19.4. The average molecular weight is 532 g/mol. The molecule has 1 amide bonds. The van der Waals surface area contributed by atoms with Gasteiger partial charge in [0.2, 0.25) is 5.76 Å². The molecule has 2 heterocycles. The highest BCUT2D eigenvalue weighted by Crippen LogP contribution is 2.40. The van der Waals surface area contributed by atoms with Crippen molar-refractivity contribution in [1.82, 2.24) is 4.90 Å². The quantitative estimate of drug-likeness (QED) is 0.233. The zero-order valence-electron chi connectivity index (χ0n) is 22.6. The van der Waals surface area contributed by atoms with Crippen LogP contribution in [0.5, 0.6) is 11.5 Å². The Balaban J connectivity index is 1.41. The molecule has 0 saturated heterocycles. The third-order valence-corrected chi connectivity index (χ3v) is 7.35. The minimum absolute atomic E-state index is 0.104. The number of amides is 1. The summed E-state index contributed by atoms with van der Waals surface area (Å²) in [7, 11) is 1.62. The van der Waals surface area contributed by atoms with E-state index in [0.717, 1.165) is 33.6 Å². The Morgan fingerprint density at radius 1 is 0.825 bits per heavy atom. The number of carbonyl (C=O) groups excluding carboxylic acids is 1. The normalized spacial score (nSPS) is 14.4. The lowest BCUT2D eigenvalue weighted by molar-refractivity contribution is 0.0714. The molecule has 0 saturated carbocycles. The Bertz CT molecular complexity index is 1760. The lowest BCUT2D eigenvalue weighted by atomic mass is 9.97. The molecule has 6 nitrogen and oxygen atoms in total. The number of hydrogen-bond acceptors (Lipinski definition) is 5. The Morgan fingerprint density at radius 3 is 2.23 bits per heavy atom. The number of carbonyl (C=O) groups is 1. The number of rotatable bonds is 7. The Kier molecular flexibility index (Phi) is 6.60. The standard InChI is InChI=1S/C34H29NO5/c1-21-17-22(2)32-28(18-21)31(36)29-30(25-11-15-27(16-12-25)39-20-24-7-5-4-6-8-24)35(34(37)33(29)40-32)19-23-9-13-26(38-3)14-10-23/h4-18,30H,19-20H2,1-3H3. The molecule has 0 fully saturated rings. The predicted molar refractivity (Wildman–Crippen MR) is 154 cm³/mol. The van der Waals surface area contributed by atoms with Gasteiger partial charge in [0.1, 0.15) is 23.7 Å². The fourth-order valence-electron chi connectivity index (χ4n) is 5.40. The van der Waals surface area contributed by atoms with E-state index in [1.54, 1.807) is 12.0 Å². The average Bonchev–Trinajstić information content (AvgIpc) is 3.25. The lowest BCUT2D eigenvalue weighted by Crippen LogP contribution is -2.29. The highest BCUT2D eigenvalue weighted by Gasteiger charge is 2.42. The summed E-state index contributed by atoms with van der Waals surface area (Å²) in [5.41, 5.74) is 5.24. The second kappa shape index (κ2) is 10.4. The van der Waals surface area contributed by atoms with Gasteiger partial charge in [-0.2, -0.15) is 0 Å². The first-order valence-corrected chi connectivity index (χ1v) is 13.2. The third-order valence-electron chi connectivity index (χ3n) is 7.35. The van der Waals surface area contributed by atoms with Crippen molar-refractivity contribution in [2.45, 2.75) is 33.0 Å². The largest absolute Gasteiger partial charge is 0.497 e. The number of aryl methyl sites for hydroxylation is 2. The minimum Gasteiger partial charge on any atom is -0.497 e. The molecule has 6 heteroatoms. The van der Waals surface area contributed by atoms with E-state index in [1.165, 1.54) is 0 Å². The molecular weight excluding hydrogens is 502 g/mol. The predicted octanol–water partition coefficient (Wildman–Crippen LogP) is 6.74. The molecule has 5 aromatic rings. The fraction of sp³-hybridized carbons (Fsp3) is 0.176. The van der Waals surface area contributed by atoms with Crippen LogP contribution in [0.3, 0.4) is 0 Å². The molecule has 1 aliphatic rings. The summed E-state index contributed by atoms with van der Waals surface area (Å²) in [5.74, 6) is 1.23. The van der Waals surface area contributed by atoms with Crippen molar-refractivity contribution in [2.24, 2.45) is 0 Å². The van der Waals surface area contributed by atoms with Crippen LogP contribution >= 0.6 is 0 Å². The number of hydrogen-bond donors (Lipinski definition) is 0. The van der Waals surface area contributed by atoms with Gasteiger partial charge >= 0.3 is 0 Å². The van der Waals surface area contributed by atoms with Gasteiger partial charge in [-0.1, -0.05) is 60.7 Å². The summed E-state index contributed by atoms with van der Waals surface area (Å²) in [6.07, 6.45) is 0. The van der Waals surface area contributed by atoms with Crippen molar-refractivity contribution in [3.63, 3.8) is 0 Å². The first kappa shape index (κ1) is 25.4. The van der Waals surface area contributed by atoms with E-state index in [9.17, 15) is 9.59 Å². The molecule has 0 aliphatic carbocycles. The SMILES string of the molecule is COc1ccc(CN2C(=O)c3oc4c(C)cc(C)cc4c(=O)c3C2c2ccc(OCc3ccccc3)cc2)cc1. The fourth-order valence-corrected chi connectivity index (χ4v) is 5.40. The van der Waals surface area contributed by atoms with Crippen LogP contribution in [0.4, 0.5) is 0 Å². The Morgan fingerprint density at radius 2 is 1.52 bits per heavy atom. The van der Waals surface area contributed by atoms with Crippen LogP contribution in [0.2, 0.25) is 0 Å². The molecule has 0 radical (unpaired) electrons. The molecule has 1 aliphatic heterocycles. The first-order valence-electron chi connectivity index (χ1n) is 13.2. The lowest BCUT2D eigenvalue weighted by Gasteiger charge is -2.25. The summed E-state index contributed by atoms with van der Waals surface area (Å²) in [4.78, 5) is 29.5. The van der Waals surface area contributed by atoms with Crippen LogP contribution in [0, 0.1) is 13.8 Å². The number of fused-ring (bicyclic) bond motifs is 2. The molecule has 6 rings (SSSR count). The van der Waals surface area contributed by atoms with Gasteiger partial charge in [0.25, 0.3) is 5.91 Å². The zero-order valence-corrected chi connectivity index (χ0v) is 22.6. The van der Waals surface area contributed by atoms with Crippen LogP contribution in [0.15, 0.2) is 100 Å². The van der Waals surface area contributed by atoms with E-state index < -0.39 is 6.04 Å². The third kappa shape index (κ3) is 4.62. The zero-order chi connectivity index (χ0) is 27.8. The van der Waals surface area contributed by atoms with Crippen LogP contribution in [-0.4, -0.2) is 17.9 Å². The molecular formula is C34H29NO5. The van der Waals surface area contributed by atoms with E-state index in [1.807, 2.05) is 105 Å². The summed E-state index contributed by atoms with van der Waals surface area (Å²) in [6.45, 7) is 4.59. The maximum atomic E-state index is 14.0. The molecule has 1 atom stereocenters. The van der Waals surface area contributed by atoms with Gasteiger partial charge in [-0.3, -0.25) is 9.59 Å². The number of ether oxygens (including phenoxy) is 2. The highest BCUT2D eigenvalue weighted by atomic mass is 16.5. The van der Waals surface area contributed by atoms with Crippen molar-refractivity contribution < 1.29 is 18.7 Å². The van der Waals surface area contributed by atoms with Crippen molar-refractivity contribution in [1.29, 1.82) is 0 Å². The summed E-state index contributed by atoms with van der Waals surface area (Å²) < 4.78 is 17.5. The van der Waals surface area contributed by atoms with E-state index >= 15 is 0 Å². The molecule has 40 heavy (non-hydrogen) atoms. The molecule has 1 aromatic heterocycles. The monoisotopic (exact) mass is 531 g/mol. The van der Waals surface area contributed by atoms with Gasteiger partial charge in [-0.15, -0.1) is 0 Å². The van der Waals surface area contributed by atoms with Crippen molar-refractivity contribution in [3.8, 4) is 11.5 Å². The van der Waals surface area contributed by atoms with E-state index in [0.29, 0.717) is 35.4 Å². The smallest absolute Gasteiger partial charge is 0.291 e. The van der Waals surface area contributed by atoms with Gasteiger partial charge < -0.3 is 18.8 Å². The second-order valence-electron chi connectivity index (χ2n) is 10.2. The van der Waals surface area contributed by atoms with Crippen LogP contribution in [0.25, 0.3) is 11.0 Å². The van der Waals surface area contributed by atoms with Gasteiger partial charge in [0.15, 0.2) is 5.43 Å². The van der Waals surface area contributed by atoms with Crippen LogP contribution < -0.4 is 14.9 Å². The number of benzene rings is 4. The summed E-state index contributed by atoms with van der Waals surface area (Å²) in [5, 5.41) is 0.489. The van der Waals surface area contributed by atoms with Gasteiger partial charge in [-0.25, -0.2) is 0 Å². The molecule has 4 aromatic carbocycles. The van der Waals surface area contributed by atoms with Crippen molar-refractivity contribution >= 4 is 16.9 Å². The van der Waals surface area contributed by atoms with Crippen LogP contribution in [-0.2, 0) is 13.2 Å². The van der Waals surface area contributed by atoms with Crippen molar-refractivity contribution in [3.05, 3.63) is 140 Å². The van der Waals surface area contributed by atoms with E-state index in [-0.39, 0.29) is 17.1 Å². The molecule has 1 unspecified atom stereocenters. The molecule has 0 bridgehead atoms. The van der Waals surface area contributed by atoms with Gasteiger partial charge in [0, 0.05) is 6.54 Å². The van der Waals surface area contributed by atoms with Crippen molar-refractivity contribution in [2.75, 3.05) is 7.11 Å². The topological polar surface area (TPSA) is 69.0 Å². The highest BCUT2D eigenvalue weighted by molar-refractivity contribution is 5.99. The number of nitrogens with zero attached hydrogens (tertiary/aromatic N) is 1. The van der Waals surface area contributed by atoms with E-state index in [4.69, 9.17) is 13.9 Å². The number of methoxy groups -OCH3 is 1. The van der Waals surface area contributed by atoms with Gasteiger partial charge in [-0.05, 0) is 72.0 Å². The van der Waals surface area contributed by atoms with Gasteiger partial charge in [0.05, 0.1) is 24.1 Å². The van der Waals surface area contributed by atoms with E-state index in [2.05, 4.69) is 0 Å². The maximum absolute atomic E-state index is 14.0. The molecule has 0 spiro atoms. The molecule has 0 N–H and O–H groups in total. The summed E-state index contributed by atoms with van der Waals surface area (Å²) >= 11 is 0. The Labute approximate surface area is 232 Å². The van der Waals surface area contributed by atoms with Crippen LogP contribution in [0.1, 0.15) is 50.0 Å². The molecule has 200 valence electrons. The maximum Gasteiger partial charge on any atom is 0.291 e.